The van der Waals surface area contributed by atoms with Crippen molar-refractivity contribution in [3.63, 3.8) is 0 Å². The summed E-state index contributed by atoms with van der Waals surface area (Å²) in [5.41, 5.74) is 18.8. The third-order valence-corrected chi connectivity index (χ3v) is 15.4. The predicted molar refractivity (Wildman–Crippen MR) is 279 cm³/mol. The highest BCUT2D eigenvalue weighted by atomic mass is 16.5. The fourth-order valence-electron chi connectivity index (χ4n) is 12.8. The van der Waals surface area contributed by atoms with Gasteiger partial charge in [0.15, 0.2) is 0 Å². The van der Waals surface area contributed by atoms with E-state index in [9.17, 15) is 0 Å². The summed E-state index contributed by atoms with van der Waals surface area (Å²) in [5, 5.41) is 2.38. The van der Waals surface area contributed by atoms with Crippen LogP contribution in [0.4, 0.5) is 17.1 Å². The predicted octanol–water partition coefficient (Wildman–Crippen LogP) is 16.9. The smallest absolute Gasteiger partial charge is 0.132 e. The van der Waals surface area contributed by atoms with Crippen molar-refractivity contribution in [3.05, 3.63) is 293 Å². The monoisotopic (exact) mass is 879 g/mol. The van der Waals surface area contributed by atoms with E-state index in [-0.39, 0.29) is 0 Å². The second-order valence-electron chi connectivity index (χ2n) is 18.6. The summed E-state index contributed by atoms with van der Waals surface area (Å²) < 4.78 is 13.6. The minimum atomic E-state index is -0.663. The first kappa shape index (κ1) is 38.2. The number of benzene rings is 11. The normalized spacial score (nSPS) is 14.3. The van der Waals surface area contributed by atoms with Crippen LogP contribution in [0.15, 0.2) is 249 Å². The van der Waals surface area contributed by atoms with Crippen molar-refractivity contribution in [2.45, 2.75) is 10.8 Å². The van der Waals surface area contributed by atoms with E-state index in [1.54, 1.807) is 0 Å². The van der Waals surface area contributed by atoms with Crippen LogP contribution in [0.5, 0.6) is 23.0 Å². The van der Waals surface area contributed by atoms with Gasteiger partial charge in [-0.15, -0.1) is 0 Å². The Morgan fingerprint density at radius 1 is 0.275 bits per heavy atom. The lowest BCUT2D eigenvalue weighted by Crippen LogP contribution is -2.32. The maximum Gasteiger partial charge on any atom is 0.132 e. The molecule has 69 heavy (non-hydrogen) atoms. The van der Waals surface area contributed by atoms with Gasteiger partial charge in [-0.3, -0.25) is 0 Å². The molecule has 11 aromatic carbocycles. The van der Waals surface area contributed by atoms with Crippen molar-refractivity contribution < 1.29 is 9.47 Å². The molecule has 2 aliphatic heterocycles. The zero-order valence-corrected chi connectivity index (χ0v) is 37.4. The molecule has 0 radical (unpaired) electrons. The molecule has 3 nitrogen and oxygen atoms in total. The summed E-state index contributed by atoms with van der Waals surface area (Å²) >= 11 is 0. The van der Waals surface area contributed by atoms with Crippen LogP contribution in [0, 0.1) is 0 Å². The van der Waals surface area contributed by atoms with Crippen molar-refractivity contribution in [1.82, 2.24) is 0 Å². The average Bonchev–Trinajstić information content (AvgIpc) is 3.88. The molecule has 0 amide bonds. The van der Waals surface area contributed by atoms with E-state index in [1.807, 2.05) is 0 Å². The number of ether oxygens (including phenoxy) is 2. The van der Waals surface area contributed by atoms with Crippen molar-refractivity contribution in [2.24, 2.45) is 0 Å². The van der Waals surface area contributed by atoms with E-state index < -0.39 is 10.8 Å². The number of hydrogen-bond acceptors (Lipinski definition) is 3. The zero-order valence-electron chi connectivity index (χ0n) is 37.4. The number of nitrogens with zero attached hydrogens (tertiary/aromatic N) is 1. The van der Waals surface area contributed by atoms with Gasteiger partial charge in [-0.1, -0.05) is 200 Å². The molecule has 0 N–H and O–H groups in total. The Balaban J connectivity index is 1.08. The maximum absolute atomic E-state index is 6.81. The topological polar surface area (TPSA) is 21.7 Å². The summed E-state index contributed by atoms with van der Waals surface area (Å²) in [6.07, 6.45) is 0. The zero-order chi connectivity index (χ0) is 45.3. The fourth-order valence-corrected chi connectivity index (χ4v) is 12.8. The van der Waals surface area contributed by atoms with Gasteiger partial charge in [0.25, 0.3) is 0 Å². The molecule has 2 heterocycles. The molecule has 322 valence electrons. The van der Waals surface area contributed by atoms with Crippen molar-refractivity contribution in [3.8, 4) is 56.4 Å². The van der Waals surface area contributed by atoms with Crippen LogP contribution >= 0.6 is 0 Å². The van der Waals surface area contributed by atoms with Crippen LogP contribution < -0.4 is 14.4 Å². The molecule has 3 heteroatoms. The van der Waals surface area contributed by atoms with E-state index in [2.05, 4.69) is 254 Å². The summed E-state index contributed by atoms with van der Waals surface area (Å²) in [7, 11) is 0. The summed E-state index contributed by atoms with van der Waals surface area (Å²) in [6, 6.07) is 91.0. The molecule has 0 saturated carbocycles. The number of anilines is 3. The maximum atomic E-state index is 6.81. The molecular weight excluding hydrogens is 839 g/mol. The Hall–Kier alpha value is -8.92. The van der Waals surface area contributed by atoms with Gasteiger partial charge < -0.3 is 14.4 Å². The van der Waals surface area contributed by atoms with E-state index in [0.29, 0.717) is 0 Å². The first-order chi connectivity index (χ1) is 34.2. The van der Waals surface area contributed by atoms with Crippen LogP contribution in [-0.2, 0) is 10.8 Å². The van der Waals surface area contributed by atoms with Gasteiger partial charge in [-0.2, -0.15) is 0 Å². The summed E-state index contributed by atoms with van der Waals surface area (Å²) in [6.45, 7) is 0. The van der Waals surface area contributed by atoms with Gasteiger partial charge in [0.05, 0.1) is 22.2 Å². The number of fused-ring (bicyclic) bond motifs is 20. The van der Waals surface area contributed by atoms with Crippen LogP contribution in [-0.4, -0.2) is 0 Å². The lowest BCUT2D eigenvalue weighted by atomic mass is 9.66. The Bertz CT molecular complexity index is 3830. The Kier molecular flexibility index (Phi) is 7.92. The third-order valence-electron chi connectivity index (χ3n) is 15.4. The molecular formula is C66H41NO2. The SMILES string of the molecule is c1ccc(-c2ccc(N(c3cccc4c3-c3ccccc3C43c4ccccc4Oc4ccccc43)c3cc4c(c5ccccc35)-c3ccccc3C43c4ccccc4Oc4ccccc43)cc2)cc1. The lowest BCUT2D eigenvalue weighted by molar-refractivity contribution is 0.436. The third kappa shape index (κ3) is 5.01. The Morgan fingerprint density at radius 3 is 1.26 bits per heavy atom. The molecule has 4 aliphatic rings. The Labute approximate surface area is 400 Å². The standard InChI is InChI=1S/C66H41NO2/c1-2-19-42(20-3-1)43-37-39-44(40-38-43)67(57-32-18-31-55-64(57)48-24-7-9-26-50(48)65(55)51-27-10-14-33-59(51)68-60-34-15-11-28-52(60)65)58-41-56-63(46-22-5-4-21-45(46)58)47-23-6-8-25-49(47)66(56)53-29-12-16-35-61(53)69-62-36-17-13-30-54(62)66/h1-41H. The van der Waals surface area contributed by atoms with Crippen LogP contribution in [0.3, 0.4) is 0 Å². The lowest BCUT2D eigenvalue weighted by Gasteiger charge is -2.40. The highest BCUT2D eigenvalue weighted by molar-refractivity contribution is 6.12. The molecule has 2 aliphatic carbocycles. The van der Waals surface area contributed by atoms with Crippen molar-refractivity contribution in [2.75, 3.05) is 4.90 Å². The van der Waals surface area contributed by atoms with Crippen LogP contribution in [0.1, 0.15) is 44.5 Å². The van der Waals surface area contributed by atoms with Crippen molar-refractivity contribution >= 4 is 27.8 Å². The molecule has 0 saturated heterocycles. The van der Waals surface area contributed by atoms with Gasteiger partial charge in [0, 0.05) is 38.9 Å². The quantitative estimate of drug-likeness (QED) is 0.176. The van der Waals surface area contributed by atoms with Gasteiger partial charge in [0.1, 0.15) is 23.0 Å². The molecule has 2 spiro atoms. The first-order valence-electron chi connectivity index (χ1n) is 23.8. The second-order valence-corrected chi connectivity index (χ2v) is 18.6. The highest BCUT2D eigenvalue weighted by Gasteiger charge is 2.54. The summed E-state index contributed by atoms with van der Waals surface area (Å²) in [5.74, 6) is 3.51. The summed E-state index contributed by atoms with van der Waals surface area (Å²) in [4.78, 5) is 2.55. The average molecular weight is 880 g/mol. The van der Waals surface area contributed by atoms with Gasteiger partial charge in [-0.25, -0.2) is 0 Å². The van der Waals surface area contributed by atoms with E-state index in [4.69, 9.17) is 9.47 Å². The molecule has 0 fully saturated rings. The Morgan fingerprint density at radius 2 is 0.696 bits per heavy atom. The van der Waals surface area contributed by atoms with Crippen LogP contribution in [0.2, 0.25) is 0 Å². The van der Waals surface area contributed by atoms with Gasteiger partial charge in [-0.05, 0) is 104 Å². The van der Waals surface area contributed by atoms with Crippen molar-refractivity contribution in [1.29, 1.82) is 0 Å². The number of hydrogen-bond donors (Lipinski definition) is 0. The minimum Gasteiger partial charge on any atom is -0.457 e. The van der Waals surface area contributed by atoms with Gasteiger partial charge in [0.2, 0.25) is 0 Å². The van der Waals surface area contributed by atoms with E-state index in [1.165, 1.54) is 66.4 Å². The van der Waals surface area contributed by atoms with E-state index >= 15 is 0 Å². The fraction of sp³-hybridized carbons (Fsp3) is 0.0303. The molecule has 15 rings (SSSR count). The first-order valence-corrected chi connectivity index (χ1v) is 23.8. The molecule has 0 bridgehead atoms. The largest absolute Gasteiger partial charge is 0.457 e. The second kappa shape index (κ2) is 14.3. The molecule has 11 aromatic rings. The van der Waals surface area contributed by atoms with Gasteiger partial charge >= 0.3 is 0 Å². The minimum absolute atomic E-state index is 0.628. The number of para-hydroxylation sites is 4. The highest BCUT2D eigenvalue weighted by Crippen LogP contribution is 2.67. The molecule has 0 atom stereocenters. The number of rotatable bonds is 4. The van der Waals surface area contributed by atoms with E-state index in [0.717, 1.165) is 62.3 Å². The van der Waals surface area contributed by atoms with Crippen LogP contribution in [0.25, 0.3) is 44.2 Å². The molecule has 0 aromatic heterocycles. The molecule has 0 unspecified atom stereocenters.